The summed E-state index contributed by atoms with van der Waals surface area (Å²) in [6.07, 6.45) is 0. The molecule has 1 heterocycles. The topological polar surface area (TPSA) is 48.1 Å². The van der Waals surface area contributed by atoms with Gasteiger partial charge in [-0.1, -0.05) is 13.8 Å². The van der Waals surface area contributed by atoms with Gasteiger partial charge in [0.2, 0.25) is 0 Å². The molecule has 0 aliphatic heterocycles. The molecule has 0 fully saturated rings. The third-order valence-corrected chi connectivity index (χ3v) is 3.00. The first-order valence-electron chi connectivity index (χ1n) is 5.72. The van der Waals surface area contributed by atoms with Crippen LogP contribution in [-0.2, 0) is 7.05 Å². The molecule has 0 aliphatic carbocycles. The maximum absolute atomic E-state index is 10.6. The van der Waals surface area contributed by atoms with E-state index in [4.69, 9.17) is 0 Å². The van der Waals surface area contributed by atoms with Crippen LogP contribution in [0.15, 0.2) is 18.2 Å². The van der Waals surface area contributed by atoms with E-state index in [-0.39, 0.29) is 10.6 Å². The maximum Gasteiger partial charge on any atom is 0.270 e. The smallest absolute Gasteiger partial charge is 0.270 e. The van der Waals surface area contributed by atoms with Crippen molar-refractivity contribution in [2.75, 3.05) is 0 Å². The van der Waals surface area contributed by atoms with Gasteiger partial charge in [-0.05, 0) is 25.5 Å². The highest BCUT2D eigenvalue weighted by Crippen LogP contribution is 2.27. The number of non-ortho nitro benzene ring substituents is 1. The van der Waals surface area contributed by atoms with Gasteiger partial charge in [0, 0.05) is 35.8 Å². The van der Waals surface area contributed by atoms with E-state index in [0.29, 0.717) is 0 Å². The lowest BCUT2D eigenvalue weighted by molar-refractivity contribution is -0.384. The lowest BCUT2D eigenvalue weighted by Crippen LogP contribution is -1.90. The molecule has 0 spiro atoms. The fourth-order valence-corrected chi connectivity index (χ4v) is 1.86. The van der Waals surface area contributed by atoms with E-state index in [1.807, 2.05) is 39.3 Å². The monoisotopic (exact) mass is 234 g/mol. The molecule has 0 radical (unpaired) electrons. The van der Waals surface area contributed by atoms with Crippen LogP contribution in [0, 0.1) is 24.0 Å². The van der Waals surface area contributed by atoms with Gasteiger partial charge in [0.1, 0.15) is 0 Å². The second-order valence-electron chi connectivity index (χ2n) is 3.73. The molecule has 17 heavy (non-hydrogen) atoms. The molecule has 0 atom stereocenters. The van der Waals surface area contributed by atoms with E-state index in [1.54, 1.807) is 18.2 Å². The second kappa shape index (κ2) is 4.99. The van der Waals surface area contributed by atoms with Gasteiger partial charge in [-0.2, -0.15) is 0 Å². The Morgan fingerprint density at radius 2 is 1.82 bits per heavy atom. The predicted octanol–water partition coefficient (Wildman–Crippen LogP) is 3.73. The normalized spacial score (nSPS) is 9.94. The Balaban J connectivity index is 0.000000686. The van der Waals surface area contributed by atoms with Gasteiger partial charge in [0.25, 0.3) is 5.69 Å². The summed E-state index contributed by atoms with van der Waals surface area (Å²) >= 11 is 0. The van der Waals surface area contributed by atoms with Crippen LogP contribution in [0.4, 0.5) is 5.69 Å². The number of hydrogen-bond acceptors (Lipinski definition) is 2. The fourth-order valence-electron chi connectivity index (χ4n) is 1.86. The van der Waals surface area contributed by atoms with Gasteiger partial charge < -0.3 is 4.57 Å². The number of nitrogens with zero attached hydrogens (tertiary/aromatic N) is 2. The first-order valence-corrected chi connectivity index (χ1v) is 5.72. The molecule has 1 aromatic carbocycles. The third kappa shape index (κ3) is 2.16. The van der Waals surface area contributed by atoms with Crippen molar-refractivity contribution in [3.63, 3.8) is 0 Å². The summed E-state index contributed by atoms with van der Waals surface area (Å²) in [5.41, 5.74) is 3.44. The zero-order valence-corrected chi connectivity index (χ0v) is 10.9. The molecule has 0 N–H and O–H groups in total. The average Bonchev–Trinajstić information content (AvgIpc) is 2.57. The van der Waals surface area contributed by atoms with Crippen LogP contribution in [0.2, 0.25) is 0 Å². The fraction of sp³-hybridized carbons (Fsp3) is 0.385. The van der Waals surface area contributed by atoms with Crippen molar-refractivity contribution in [1.82, 2.24) is 4.57 Å². The van der Waals surface area contributed by atoms with E-state index in [0.717, 1.165) is 22.2 Å². The van der Waals surface area contributed by atoms with Gasteiger partial charge in [-0.25, -0.2) is 0 Å². The molecule has 0 saturated carbocycles. The summed E-state index contributed by atoms with van der Waals surface area (Å²) in [6.45, 7) is 8.00. The molecular formula is C13H18N2O2. The van der Waals surface area contributed by atoms with Crippen molar-refractivity contribution in [2.24, 2.45) is 7.05 Å². The zero-order chi connectivity index (χ0) is 13.2. The van der Waals surface area contributed by atoms with Crippen LogP contribution in [0.1, 0.15) is 25.1 Å². The van der Waals surface area contributed by atoms with Gasteiger partial charge in [0.05, 0.1) is 4.92 Å². The predicted molar refractivity (Wildman–Crippen MR) is 70.4 cm³/mol. The highest BCUT2D eigenvalue weighted by molar-refractivity contribution is 5.87. The summed E-state index contributed by atoms with van der Waals surface area (Å²) in [5.74, 6) is 0. The lowest BCUT2D eigenvalue weighted by atomic mass is 10.1. The van der Waals surface area contributed by atoms with Crippen LogP contribution in [0.3, 0.4) is 0 Å². The van der Waals surface area contributed by atoms with Crippen LogP contribution >= 0.6 is 0 Å². The first-order chi connectivity index (χ1) is 8.02. The molecule has 0 aliphatic rings. The Hall–Kier alpha value is -1.84. The molecule has 92 valence electrons. The van der Waals surface area contributed by atoms with Crippen molar-refractivity contribution >= 4 is 16.6 Å². The van der Waals surface area contributed by atoms with Gasteiger partial charge in [0.15, 0.2) is 0 Å². The minimum atomic E-state index is -0.360. The molecule has 2 rings (SSSR count). The quantitative estimate of drug-likeness (QED) is 0.557. The van der Waals surface area contributed by atoms with E-state index < -0.39 is 0 Å². The highest BCUT2D eigenvalue weighted by Gasteiger charge is 2.12. The molecule has 0 saturated heterocycles. The van der Waals surface area contributed by atoms with Crippen LogP contribution in [0.25, 0.3) is 10.9 Å². The number of hydrogen-bond donors (Lipinski definition) is 0. The number of nitro groups is 1. The minimum absolute atomic E-state index is 0.149. The number of aryl methyl sites for hydroxylation is 2. The maximum atomic E-state index is 10.6. The summed E-state index contributed by atoms with van der Waals surface area (Å²) in [4.78, 5) is 10.3. The second-order valence-corrected chi connectivity index (χ2v) is 3.73. The Labute approximate surface area is 101 Å². The van der Waals surface area contributed by atoms with E-state index in [2.05, 4.69) is 0 Å². The molecule has 4 nitrogen and oxygen atoms in total. The molecular weight excluding hydrogens is 216 g/mol. The Bertz CT molecular complexity index is 556. The molecule has 0 unspecified atom stereocenters. The van der Waals surface area contributed by atoms with Crippen molar-refractivity contribution < 1.29 is 4.92 Å². The number of rotatable bonds is 1. The SMILES string of the molecule is CC.Cc1c(C)n(C)c2ccc([N+](=O)[O-])cc12. The third-order valence-electron chi connectivity index (χ3n) is 3.00. The highest BCUT2D eigenvalue weighted by atomic mass is 16.6. The van der Waals surface area contributed by atoms with Crippen LogP contribution in [0.5, 0.6) is 0 Å². The Morgan fingerprint density at radius 1 is 1.24 bits per heavy atom. The van der Waals surface area contributed by atoms with Crippen molar-refractivity contribution in [3.8, 4) is 0 Å². The molecule has 4 heteroatoms. The largest absolute Gasteiger partial charge is 0.348 e. The van der Waals surface area contributed by atoms with Crippen LogP contribution in [-0.4, -0.2) is 9.49 Å². The standard InChI is InChI=1S/C11H12N2O2.C2H6/c1-7-8(2)12(3)11-5-4-9(13(14)15)6-10(7)11;1-2/h4-6H,1-3H3;1-2H3. The average molecular weight is 234 g/mol. The first kappa shape index (κ1) is 13.2. The molecule has 2 aromatic rings. The Morgan fingerprint density at radius 3 is 2.35 bits per heavy atom. The van der Waals surface area contributed by atoms with Gasteiger partial charge in [-0.3, -0.25) is 10.1 Å². The van der Waals surface area contributed by atoms with Crippen molar-refractivity contribution in [1.29, 1.82) is 0 Å². The molecule has 1 aromatic heterocycles. The molecule has 0 bridgehead atoms. The van der Waals surface area contributed by atoms with E-state index in [1.165, 1.54) is 0 Å². The number of fused-ring (bicyclic) bond motifs is 1. The summed E-state index contributed by atoms with van der Waals surface area (Å²) < 4.78 is 2.05. The van der Waals surface area contributed by atoms with E-state index in [9.17, 15) is 10.1 Å². The van der Waals surface area contributed by atoms with Gasteiger partial charge in [-0.15, -0.1) is 0 Å². The summed E-state index contributed by atoms with van der Waals surface area (Å²) in [6, 6.07) is 4.98. The summed E-state index contributed by atoms with van der Waals surface area (Å²) in [7, 11) is 1.97. The lowest BCUT2D eigenvalue weighted by Gasteiger charge is -1.97. The zero-order valence-electron chi connectivity index (χ0n) is 10.9. The number of benzene rings is 1. The van der Waals surface area contributed by atoms with E-state index >= 15 is 0 Å². The number of nitro benzene ring substituents is 1. The molecule has 0 amide bonds. The van der Waals surface area contributed by atoms with Crippen molar-refractivity contribution in [2.45, 2.75) is 27.7 Å². The van der Waals surface area contributed by atoms with Gasteiger partial charge >= 0.3 is 0 Å². The number of aromatic nitrogens is 1. The minimum Gasteiger partial charge on any atom is -0.348 e. The summed E-state index contributed by atoms with van der Waals surface area (Å²) in [5, 5.41) is 11.6. The van der Waals surface area contributed by atoms with Crippen molar-refractivity contribution in [3.05, 3.63) is 39.6 Å². The van der Waals surface area contributed by atoms with Crippen LogP contribution < -0.4 is 0 Å². The Kier molecular flexibility index (Phi) is 3.89.